The van der Waals surface area contributed by atoms with Crippen LogP contribution in [-0.2, 0) is 23.9 Å². The molecule has 28 heavy (non-hydrogen) atoms. The molecule has 4 rings (SSSR count). The van der Waals surface area contributed by atoms with E-state index in [4.69, 9.17) is 9.47 Å². The van der Waals surface area contributed by atoms with E-state index >= 15 is 0 Å². The molecule has 6 atom stereocenters. The van der Waals surface area contributed by atoms with Crippen LogP contribution >= 0.6 is 0 Å². The maximum Gasteiger partial charge on any atom is 0.172 e. The summed E-state index contributed by atoms with van der Waals surface area (Å²) < 4.78 is 11.8. The topological polar surface area (TPSA) is 89.9 Å². The fourth-order valence-corrected chi connectivity index (χ4v) is 6.20. The number of rotatable bonds is 4. The summed E-state index contributed by atoms with van der Waals surface area (Å²) in [6.07, 6.45) is 5.33. The largest absolute Gasteiger partial charge is 0.392 e. The lowest BCUT2D eigenvalue weighted by Gasteiger charge is -2.56. The molecule has 1 heterocycles. The van der Waals surface area contributed by atoms with Crippen molar-refractivity contribution in [3.05, 3.63) is 11.6 Å². The number of aliphatic hydroxyl groups excluding tert-OH is 1. The second-order valence-electron chi connectivity index (χ2n) is 9.25. The third-order valence-corrected chi connectivity index (χ3v) is 7.74. The first-order valence-electron chi connectivity index (χ1n) is 10.5. The Bertz CT molecular complexity index is 706. The number of allylic oxidation sites excluding steroid dienone is 1. The highest BCUT2D eigenvalue weighted by atomic mass is 16.7. The number of aldehydes is 1. The molecule has 0 aromatic heterocycles. The molecule has 4 aliphatic rings. The molecular weight excluding hydrogens is 360 g/mol. The molecular formula is C22H30O6. The zero-order valence-corrected chi connectivity index (χ0v) is 16.7. The summed E-state index contributed by atoms with van der Waals surface area (Å²) in [4.78, 5) is 36.6. The molecule has 1 spiro atoms. The van der Waals surface area contributed by atoms with Crippen LogP contribution in [0.5, 0.6) is 0 Å². The fourth-order valence-electron chi connectivity index (χ4n) is 6.20. The summed E-state index contributed by atoms with van der Waals surface area (Å²) >= 11 is 0. The van der Waals surface area contributed by atoms with Crippen LogP contribution in [0.1, 0.15) is 52.4 Å². The van der Waals surface area contributed by atoms with Gasteiger partial charge in [-0.25, -0.2) is 0 Å². The van der Waals surface area contributed by atoms with Gasteiger partial charge in [-0.15, -0.1) is 0 Å². The van der Waals surface area contributed by atoms with Gasteiger partial charge in [-0.3, -0.25) is 4.79 Å². The van der Waals surface area contributed by atoms with E-state index in [1.165, 1.54) is 12.5 Å². The number of fused-ring (bicyclic) bond motifs is 3. The Morgan fingerprint density at radius 1 is 1.32 bits per heavy atom. The zero-order chi connectivity index (χ0) is 20.1. The van der Waals surface area contributed by atoms with Crippen molar-refractivity contribution < 1.29 is 29.0 Å². The van der Waals surface area contributed by atoms with E-state index in [-0.39, 0.29) is 35.2 Å². The summed E-state index contributed by atoms with van der Waals surface area (Å²) in [7, 11) is 0. The normalized spacial score (nSPS) is 41.9. The average molecular weight is 390 g/mol. The van der Waals surface area contributed by atoms with Crippen molar-refractivity contribution in [2.75, 3.05) is 13.2 Å². The Balaban J connectivity index is 1.64. The number of Topliss-reactive ketones (excluding diaryl/α,β-unsaturated/α-hetero) is 2. The molecule has 3 aliphatic carbocycles. The van der Waals surface area contributed by atoms with Crippen molar-refractivity contribution in [2.45, 2.75) is 64.3 Å². The first-order chi connectivity index (χ1) is 13.3. The van der Waals surface area contributed by atoms with Gasteiger partial charge in [0.1, 0.15) is 17.9 Å². The summed E-state index contributed by atoms with van der Waals surface area (Å²) in [6.45, 7) is 4.81. The number of hydrogen-bond acceptors (Lipinski definition) is 6. The first kappa shape index (κ1) is 19.9. The monoisotopic (exact) mass is 390 g/mol. The molecule has 0 radical (unpaired) electrons. The van der Waals surface area contributed by atoms with Crippen molar-refractivity contribution >= 4 is 17.9 Å². The third-order valence-electron chi connectivity index (χ3n) is 7.74. The molecule has 154 valence electrons. The predicted molar refractivity (Wildman–Crippen MR) is 100 cm³/mol. The van der Waals surface area contributed by atoms with E-state index < -0.39 is 23.7 Å². The summed E-state index contributed by atoms with van der Waals surface area (Å²) in [5, 5.41) is 11.2. The van der Waals surface area contributed by atoms with Crippen molar-refractivity contribution in [1.29, 1.82) is 0 Å². The lowest BCUT2D eigenvalue weighted by atomic mass is 9.49. The molecule has 3 fully saturated rings. The number of ether oxygens (including phenoxy) is 2. The van der Waals surface area contributed by atoms with Crippen LogP contribution in [0, 0.1) is 29.1 Å². The summed E-state index contributed by atoms with van der Waals surface area (Å²) in [5.41, 5.74) is 0.839. The van der Waals surface area contributed by atoms with Gasteiger partial charge in [0.15, 0.2) is 5.79 Å². The number of ketones is 2. The van der Waals surface area contributed by atoms with Gasteiger partial charge in [0, 0.05) is 37.0 Å². The van der Waals surface area contributed by atoms with Crippen LogP contribution < -0.4 is 0 Å². The fraction of sp³-hybridized carbons (Fsp3) is 0.773. The third kappa shape index (κ3) is 3.01. The average Bonchev–Trinajstić information content (AvgIpc) is 3.11. The lowest BCUT2D eigenvalue weighted by molar-refractivity contribution is -0.191. The van der Waals surface area contributed by atoms with Gasteiger partial charge < -0.3 is 24.2 Å². The highest BCUT2D eigenvalue weighted by molar-refractivity contribution is 5.89. The Labute approximate surface area is 165 Å². The van der Waals surface area contributed by atoms with E-state index in [0.717, 1.165) is 19.1 Å². The van der Waals surface area contributed by atoms with E-state index in [1.807, 2.05) is 0 Å². The van der Waals surface area contributed by atoms with Gasteiger partial charge in [0.2, 0.25) is 0 Å². The van der Waals surface area contributed by atoms with Crippen LogP contribution in [0.25, 0.3) is 0 Å². The van der Waals surface area contributed by atoms with E-state index in [0.29, 0.717) is 32.5 Å². The van der Waals surface area contributed by atoms with Crippen LogP contribution in [0.2, 0.25) is 0 Å². The maximum atomic E-state index is 13.3. The van der Waals surface area contributed by atoms with Crippen LogP contribution in [0.4, 0.5) is 0 Å². The predicted octanol–water partition coefficient (Wildman–Crippen LogP) is 2.23. The molecule has 1 saturated heterocycles. The first-order valence-corrected chi connectivity index (χ1v) is 10.5. The summed E-state index contributed by atoms with van der Waals surface area (Å²) in [6, 6.07) is 0. The quantitative estimate of drug-likeness (QED) is 0.585. The van der Waals surface area contributed by atoms with Crippen LogP contribution in [0.15, 0.2) is 11.6 Å². The Kier molecular flexibility index (Phi) is 5.09. The smallest absolute Gasteiger partial charge is 0.172 e. The van der Waals surface area contributed by atoms with Crippen molar-refractivity contribution in [2.24, 2.45) is 29.1 Å². The maximum absolute atomic E-state index is 13.3. The minimum atomic E-state index is -0.870. The molecule has 0 unspecified atom stereocenters. The van der Waals surface area contributed by atoms with Gasteiger partial charge >= 0.3 is 0 Å². The number of carbonyl (C=O) groups excluding carboxylic acids is 3. The molecule has 1 N–H and O–H groups in total. The molecule has 6 nitrogen and oxygen atoms in total. The Morgan fingerprint density at radius 2 is 2.04 bits per heavy atom. The minimum Gasteiger partial charge on any atom is -0.392 e. The number of hydrogen-bond donors (Lipinski definition) is 1. The Hall–Kier alpha value is -1.37. The number of aliphatic hydroxyl groups is 1. The van der Waals surface area contributed by atoms with Crippen molar-refractivity contribution in [3.63, 3.8) is 0 Å². The van der Waals surface area contributed by atoms with Gasteiger partial charge in [0.25, 0.3) is 0 Å². The van der Waals surface area contributed by atoms with E-state index in [2.05, 4.69) is 13.0 Å². The second-order valence-corrected chi connectivity index (χ2v) is 9.25. The second kappa shape index (κ2) is 7.15. The molecule has 6 heteroatoms. The standard InChI is InChI=1S/C22H30O6/c1-13(24)3-5-15-17(12-23)20(26)18-16(19(15)25)6-4-14-11-22(27-9-10-28-22)8-7-21(14,18)2/h4,12,15-18,20,26H,3,5-11H2,1-2H3/t15-,16-,17-,18-,20-,21-/m0/s1. The zero-order valence-electron chi connectivity index (χ0n) is 16.7. The van der Waals surface area contributed by atoms with Gasteiger partial charge in [-0.05, 0) is 31.6 Å². The van der Waals surface area contributed by atoms with E-state index in [1.54, 1.807) is 0 Å². The highest BCUT2D eigenvalue weighted by Gasteiger charge is 2.60. The van der Waals surface area contributed by atoms with Gasteiger partial charge in [0.05, 0.1) is 25.2 Å². The van der Waals surface area contributed by atoms with Crippen molar-refractivity contribution in [3.8, 4) is 0 Å². The van der Waals surface area contributed by atoms with Crippen molar-refractivity contribution in [1.82, 2.24) is 0 Å². The van der Waals surface area contributed by atoms with Gasteiger partial charge in [-0.2, -0.15) is 0 Å². The summed E-state index contributed by atoms with van der Waals surface area (Å²) in [5.74, 6) is -2.39. The Morgan fingerprint density at radius 3 is 2.68 bits per heavy atom. The van der Waals surface area contributed by atoms with E-state index in [9.17, 15) is 19.5 Å². The molecule has 0 amide bonds. The molecule has 0 aromatic rings. The molecule has 2 saturated carbocycles. The number of carbonyl (C=O) groups is 3. The molecule has 0 bridgehead atoms. The van der Waals surface area contributed by atoms with Crippen LogP contribution in [0.3, 0.4) is 0 Å². The highest BCUT2D eigenvalue weighted by Crippen LogP contribution is 2.60. The lowest BCUT2D eigenvalue weighted by Crippen LogP contribution is -2.59. The SMILES string of the molecule is CC(=O)CC[C@@H]1C(=O)[C@H]2CC=C3CC4(CC[C@]3(C)[C@@H]2[C@@H](O)[C@H]1C=O)OCCO4. The minimum absolute atomic E-state index is 0.000919. The van der Waals surface area contributed by atoms with Crippen LogP contribution in [-0.4, -0.2) is 48.1 Å². The van der Waals surface area contributed by atoms with Gasteiger partial charge in [-0.1, -0.05) is 18.6 Å². The molecule has 1 aliphatic heterocycles. The molecule has 0 aromatic carbocycles.